The zero-order chi connectivity index (χ0) is 12.1. The molecule has 3 N–H and O–H groups in total. The van der Waals surface area contributed by atoms with Crippen LogP contribution in [0.1, 0.15) is 18.6 Å². The van der Waals surface area contributed by atoms with Crippen LogP contribution in [0.15, 0.2) is 24.3 Å². The molecule has 0 aliphatic carbocycles. The van der Waals surface area contributed by atoms with Gasteiger partial charge < -0.3 is 20.1 Å². The van der Waals surface area contributed by atoms with Crippen LogP contribution in [0.3, 0.4) is 0 Å². The molecule has 1 aromatic rings. The third-order valence-corrected chi connectivity index (χ3v) is 2.04. The molecule has 0 saturated carbocycles. The number of phenolic OH excluding ortho intramolecular Hbond substituents is 1. The van der Waals surface area contributed by atoms with Crippen LogP contribution in [0.2, 0.25) is 0 Å². The molecule has 0 spiro atoms. The number of hydrogen-bond donors (Lipinski definition) is 3. The minimum atomic E-state index is -1.65. The molecule has 0 heterocycles. The van der Waals surface area contributed by atoms with Crippen molar-refractivity contribution in [3.8, 4) is 5.75 Å². The third-order valence-electron chi connectivity index (χ3n) is 2.04. The Morgan fingerprint density at radius 2 is 2.12 bits per heavy atom. The SMILES string of the molecule is CCOC(=O)C(O)C(O)c1cccc(O)c1. The number of hydrogen-bond acceptors (Lipinski definition) is 5. The Hall–Kier alpha value is -1.59. The maximum absolute atomic E-state index is 11.1. The fourth-order valence-electron chi connectivity index (χ4n) is 1.25. The van der Waals surface area contributed by atoms with Gasteiger partial charge in [-0.15, -0.1) is 0 Å². The quantitative estimate of drug-likeness (QED) is 0.645. The fraction of sp³-hybridized carbons (Fsp3) is 0.364. The molecule has 88 valence electrons. The zero-order valence-corrected chi connectivity index (χ0v) is 8.83. The average molecular weight is 226 g/mol. The van der Waals surface area contributed by atoms with Crippen molar-refractivity contribution >= 4 is 5.97 Å². The van der Waals surface area contributed by atoms with E-state index in [1.807, 2.05) is 0 Å². The molecule has 0 aliphatic rings. The van der Waals surface area contributed by atoms with Crippen molar-refractivity contribution in [3.05, 3.63) is 29.8 Å². The fourth-order valence-corrected chi connectivity index (χ4v) is 1.25. The molecule has 0 saturated heterocycles. The van der Waals surface area contributed by atoms with E-state index in [2.05, 4.69) is 4.74 Å². The molecule has 1 aromatic carbocycles. The van der Waals surface area contributed by atoms with Crippen LogP contribution in [0.25, 0.3) is 0 Å². The van der Waals surface area contributed by atoms with E-state index in [9.17, 15) is 20.1 Å². The second-order valence-electron chi connectivity index (χ2n) is 3.24. The van der Waals surface area contributed by atoms with Gasteiger partial charge in [0.1, 0.15) is 11.9 Å². The summed E-state index contributed by atoms with van der Waals surface area (Å²) in [5, 5.41) is 28.3. The average Bonchev–Trinajstić information content (AvgIpc) is 2.27. The Balaban J connectivity index is 2.77. The van der Waals surface area contributed by atoms with Gasteiger partial charge >= 0.3 is 5.97 Å². The number of ether oxygens (including phenoxy) is 1. The highest BCUT2D eigenvalue weighted by Crippen LogP contribution is 2.21. The van der Waals surface area contributed by atoms with Crippen molar-refractivity contribution in [2.45, 2.75) is 19.1 Å². The van der Waals surface area contributed by atoms with Gasteiger partial charge in [0.05, 0.1) is 6.61 Å². The van der Waals surface area contributed by atoms with Crippen molar-refractivity contribution in [3.63, 3.8) is 0 Å². The third kappa shape index (κ3) is 2.95. The molecule has 0 amide bonds. The van der Waals surface area contributed by atoms with E-state index < -0.39 is 18.2 Å². The summed E-state index contributed by atoms with van der Waals surface area (Å²) in [6, 6.07) is 5.69. The molecule has 16 heavy (non-hydrogen) atoms. The summed E-state index contributed by atoms with van der Waals surface area (Å²) in [6.07, 6.45) is -3.06. The number of aromatic hydroxyl groups is 1. The highest BCUT2D eigenvalue weighted by Gasteiger charge is 2.26. The lowest BCUT2D eigenvalue weighted by Gasteiger charge is -2.16. The van der Waals surface area contributed by atoms with Crippen LogP contribution in [-0.4, -0.2) is 34.0 Å². The van der Waals surface area contributed by atoms with E-state index in [4.69, 9.17) is 0 Å². The topological polar surface area (TPSA) is 87.0 Å². The summed E-state index contributed by atoms with van der Waals surface area (Å²) in [5.41, 5.74) is 0.251. The first-order valence-electron chi connectivity index (χ1n) is 4.88. The van der Waals surface area contributed by atoms with E-state index in [-0.39, 0.29) is 17.9 Å². The number of aliphatic hydroxyl groups is 2. The van der Waals surface area contributed by atoms with Gasteiger partial charge in [-0.05, 0) is 24.6 Å². The highest BCUT2D eigenvalue weighted by molar-refractivity contribution is 5.75. The Labute approximate surface area is 92.9 Å². The molecule has 5 nitrogen and oxygen atoms in total. The van der Waals surface area contributed by atoms with Crippen LogP contribution < -0.4 is 0 Å². The van der Waals surface area contributed by atoms with Crippen LogP contribution >= 0.6 is 0 Å². The molecule has 0 aliphatic heterocycles. The smallest absolute Gasteiger partial charge is 0.338 e. The Bertz CT molecular complexity index is 363. The number of carbonyl (C=O) groups is 1. The number of aliphatic hydroxyl groups excluding tert-OH is 2. The van der Waals surface area contributed by atoms with Crippen LogP contribution in [-0.2, 0) is 9.53 Å². The summed E-state index contributed by atoms with van der Waals surface area (Å²) in [7, 11) is 0. The number of esters is 1. The maximum atomic E-state index is 11.1. The molecule has 0 aromatic heterocycles. The Morgan fingerprint density at radius 3 is 2.69 bits per heavy atom. The minimum Gasteiger partial charge on any atom is -0.508 e. The summed E-state index contributed by atoms with van der Waals surface area (Å²) in [5.74, 6) is -0.939. The van der Waals surface area contributed by atoms with Gasteiger partial charge in [0.25, 0.3) is 0 Å². The van der Waals surface area contributed by atoms with Crippen LogP contribution in [0, 0.1) is 0 Å². The lowest BCUT2D eigenvalue weighted by Crippen LogP contribution is -2.29. The van der Waals surface area contributed by atoms with Gasteiger partial charge in [0.15, 0.2) is 6.10 Å². The molecule has 5 heteroatoms. The molecule has 0 fully saturated rings. The minimum absolute atomic E-state index is 0.0485. The predicted octanol–water partition coefficient (Wildman–Crippen LogP) is 0.350. The van der Waals surface area contributed by atoms with Crippen molar-refractivity contribution in [1.29, 1.82) is 0 Å². The number of benzene rings is 1. The summed E-state index contributed by atoms with van der Waals surface area (Å²) in [4.78, 5) is 11.1. The van der Waals surface area contributed by atoms with Crippen LogP contribution in [0.4, 0.5) is 0 Å². The molecule has 0 bridgehead atoms. The van der Waals surface area contributed by atoms with Gasteiger partial charge in [0, 0.05) is 0 Å². The predicted molar refractivity (Wildman–Crippen MR) is 55.7 cm³/mol. The van der Waals surface area contributed by atoms with Crippen molar-refractivity contribution in [1.82, 2.24) is 0 Å². The van der Waals surface area contributed by atoms with Crippen molar-refractivity contribution < 1.29 is 24.9 Å². The van der Waals surface area contributed by atoms with Gasteiger partial charge in [-0.2, -0.15) is 0 Å². The zero-order valence-electron chi connectivity index (χ0n) is 8.83. The second kappa shape index (κ2) is 5.48. The molecule has 2 unspecified atom stereocenters. The van der Waals surface area contributed by atoms with Gasteiger partial charge in [0.2, 0.25) is 0 Å². The van der Waals surface area contributed by atoms with E-state index >= 15 is 0 Å². The second-order valence-corrected chi connectivity index (χ2v) is 3.24. The van der Waals surface area contributed by atoms with E-state index in [1.54, 1.807) is 6.92 Å². The first-order valence-corrected chi connectivity index (χ1v) is 4.88. The lowest BCUT2D eigenvalue weighted by atomic mass is 10.0. The largest absolute Gasteiger partial charge is 0.508 e. The summed E-state index contributed by atoms with van der Waals surface area (Å²) >= 11 is 0. The molecule has 1 rings (SSSR count). The van der Waals surface area contributed by atoms with E-state index in [1.165, 1.54) is 24.3 Å². The number of rotatable bonds is 4. The monoisotopic (exact) mass is 226 g/mol. The van der Waals surface area contributed by atoms with Gasteiger partial charge in [-0.25, -0.2) is 4.79 Å². The Kier molecular flexibility index (Phi) is 4.28. The molecular formula is C11H14O5. The van der Waals surface area contributed by atoms with E-state index in [0.29, 0.717) is 0 Å². The van der Waals surface area contributed by atoms with E-state index in [0.717, 1.165) is 0 Å². The normalized spacial score (nSPS) is 14.2. The molecular weight excluding hydrogens is 212 g/mol. The summed E-state index contributed by atoms with van der Waals surface area (Å²) < 4.78 is 4.57. The first kappa shape index (κ1) is 12.5. The number of carbonyl (C=O) groups excluding carboxylic acids is 1. The Morgan fingerprint density at radius 1 is 1.44 bits per heavy atom. The van der Waals surface area contributed by atoms with Crippen LogP contribution in [0.5, 0.6) is 5.75 Å². The van der Waals surface area contributed by atoms with Gasteiger partial charge in [-0.3, -0.25) is 0 Å². The standard InChI is InChI=1S/C11H14O5/c1-2-16-11(15)10(14)9(13)7-4-3-5-8(12)6-7/h3-6,9-10,12-14H,2H2,1H3. The summed E-state index contributed by atoms with van der Waals surface area (Å²) in [6.45, 7) is 1.73. The first-order chi connectivity index (χ1) is 7.56. The van der Waals surface area contributed by atoms with Gasteiger partial charge in [-0.1, -0.05) is 12.1 Å². The molecule has 0 radical (unpaired) electrons. The lowest BCUT2D eigenvalue weighted by molar-refractivity contribution is -0.159. The number of phenols is 1. The van der Waals surface area contributed by atoms with Crippen molar-refractivity contribution in [2.75, 3.05) is 6.61 Å². The highest BCUT2D eigenvalue weighted by atomic mass is 16.5. The molecule has 2 atom stereocenters. The van der Waals surface area contributed by atoms with Crippen molar-refractivity contribution in [2.24, 2.45) is 0 Å². The maximum Gasteiger partial charge on any atom is 0.338 e.